The van der Waals surface area contributed by atoms with E-state index in [2.05, 4.69) is 0 Å². The van der Waals surface area contributed by atoms with Crippen molar-refractivity contribution in [3.63, 3.8) is 0 Å². The highest BCUT2D eigenvalue weighted by atomic mass is 16.3. The third-order valence-corrected chi connectivity index (χ3v) is 1.78. The van der Waals surface area contributed by atoms with Crippen molar-refractivity contribution in [1.82, 2.24) is 4.57 Å². The Morgan fingerprint density at radius 3 is 2.50 bits per heavy atom. The van der Waals surface area contributed by atoms with Gasteiger partial charge >= 0.3 is 0 Å². The molecule has 1 aromatic rings. The Morgan fingerprint density at radius 2 is 2.08 bits per heavy atom. The van der Waals surface area contributed by atoms with Gasteiger partial charge in [-0.05, 0) is 26.0 Å². The molecule has 66 valence electrons. The average molecular weight is 167 g/mol. The Kier molecular flexibility index (Phi) is 2.06. The lowest BCUT2D eigenvalue weighted by Gasteiger charge is -2.16. The van der Waals surface area contributed by atoms with E-state index in [-0.39, 0.29) is 5.56 Å². The second-order valence-corrected chi connectivity index (χ2v) is 3.40. The first-order chi connectivity index (χ1) is 5.43. The fraction of sp³-hybridized carbons (Fsp3) is 0.444. The first-order valence-corrected chi connectivity index (χ1v) is 3.81. The number of hydrogen-bond donors (Lipinski definition) is 1. The van der Waals surface area contributed by atoms with Crippen molar-refractivity contribution in [3.8, 4) is 0 Å². The Morgan fingerprint density at radius 1 is 1.50 bits per heavy atom. The smallest absolute Gasteiger partial charge is 0.256 e. The summed E-state index contributed by atoms with van der Waals surface area (Å²) in [4.78, 5) is 11.4. The normalized spacial score (nSPS) is 11.7. The molecule has 1 rings (SSSR count). The van der Waals surface area contributed by atoms with Gasteiger partial charge in [0.15, 0.2) is 0 Å². The van der Waals surface area contributed by atoms with Crippen LogP contribution in [0.2, 0.25) is 0 Å². The fourth-order valence-electron chi connectivity index (χ4n) is 1.06. The van der Waals surface area contributed by atoms with Crippen LogP contribution in [0.25, 0.3) is 0 Å². The van der Waals surface area contributed by atoms with E-state index < -0.39 is 5.60 Å². The fourth-order valence-corrected chi connectivity index (χ4v) is 1.06. The van der Waals surface area contributed by atoms with Crippen LogP contribution in [0, 0.1) is 0 Å². The van der Waals surface area contributed by atoms with Gasteiger partial charge in [0.2, 0.25) is 0 Å². The van der Waals surface area contributed by atoms with Gasteiger partial charge in [-0.25, -0.2) is 0 Å². The van der Waals surface area contributed by atoms with Gasteiger partial charge in [-0.1, -0.05) is 0 Å². The molecule has 0 fully saturated rings. The van der Waals surface area contributed by atoms with Gasteiger partial charge in [0.05, 0.1) is 5.60 Å². The number of hydrogen-bond acceptors (Lipinski definition) is 2. The molecule has 0 aliphatic rings. The van der Waals surface area contributed by atoms with E-state index in [1.807, 2.05) is 0 Å². The highest BCUT2D eigenvalue weighted by Gasteiger charge is 2.19. The minimum absolute atomic E-state index is 0.148. The van der Waals surface area contributed by atoms with E-state index >= 15 is 0 Å². The van der Waals surface area contributed by atoms with Gasteiger partial charge < -0.3 is 9.67 Å². The number of aryl methyl sites for hydroxylation is 1. The molecule has 3 heteroatoms. The van der Waals surface area contributed by atoms with Crippen molar-refractivity contribution >= 4 is 0 Å². The Hall–Kier alpha value is -1.09. The summed E-state index contributed by atoms with van der Waals surface area (Å²) in [5, 5.41) is 9.58. The molecule has 0 amide bonds. The van der Waals surface area contributed by atoms with E-state index in [0.717, 1.165) is 0 Å². The van der Waals surface area contributed by atoms with Gasteiger partial charge in [0.1, 0.15) is 0 Å². The number of aromatic nitrogens is 1. The zero-order chi connectivity index (χ0) is 9.35. The molecule has 3 nitrogen and oxygen atoms in total. The maximum absolute atomic E-state index is 11.4. The predicted octanol–water partition coefficient (Wildman–Crippen LogP) is 0.613. The molecular formula is C9H13NO2. The molecule has 0 saturated heterocycles. The topological polar surface area (TPSA) is 42.2 Å². The maximum atomic E-state index is 11.4. The van der Waals surface area contributed by atoms with Crippen LogP contribution < -0.4 is 5.56 Å². The zero-order valence-electron chi connectivity index (χ0n) is 7.53. The van der Waals surface area contributed by atoms with Gasteiger partial charge in [-0.3, -0.25) is 4.79 Å². The van der Waals surface area contributed by atoms with Crippen molar-refractivity contribution in [3.05, 3.63) is 34.2 Å². The van der Waals surface area contributed by atoms with Crippen LogP contribution in [0.4, 0.5) is 0 Å². The molecule has 1 N–H and O–H groups in total. The summed E-state index contributed by atoms with van der Waals surface area (Å²) in [5.41, 5.74) is -0.784. The van der Waals surface area contributed by atoms with Crippen LogP contribution >= 0.6 is 0 Å². The van der Waals surface area contributed by atoms with E-state index in [0.29, 0.717) is 5.56 Å². The Balaban J connectivity index is 3.37. The van der Waals surface area contributed by atoms with Gasteiger partial charge in [-0.2, -0.15) is 0 Å². The maximum Gasteiger partial charge on any atom is 0.256 e. The van der Waals surface area contributed by atoms with E-state index in [1.54, 1.807) is 39.2 Å². The quantitative estimate of drug-likeness (QED) is 0.666. The molecule has 12 heavy (non-hydrogen) atoms. The van der Waals surface area contributed by atoms with Crippen molar-refractivity contribution in [2.45, 2.75) is 19.4 Å². The van der Waals surface area contributed by atoms with Crippen molar-refractivity contribution in [2.75, 3.05) is 0 Å². The molecule has 0 aliphatic carbocycles. The molecule has 1 heterocycles. The minimum atomic E-state index is -1.06. The van der Waals surface area contributed by atoms with Crippen LogP contribution in [-0.4, -0.2) is 9.67 Å². The second kappa shape index (κ2) is 2.75. The SMILES string of the molecule is Cn1cccc(C(C)(C)O)c1=O. The Labute approximate surface area is 71.3 Å². The molecule has 0 aromatic carbocycles. The summed E-state index contributed by atoms with van der Waals surface area (Å²) in [6.07, 6.45) is 1.66. The molecule has 0 saturated carbocycles. The largest absolute Gasteiger partial charge is 0.386 e. The van der Waals surface area contributed by atoms with Gasteiger partial charge in [0, 0.05) is 18.8 Å². The summed E-state index contributed by atoms with van der Waals surface area (Å²) < 4.78 is 1.45. The lowest BCUT2D eigenvalue weighted by molar-refractivity contribution is 0.0766. The first-order valence-electron chi connectivity index (χ1n) is 3.81. The molecule has 0 atom stereocenters. The monoisotopic (exact) mass is 167 g/mol. The molecule has 0 bridgehead atoms. The average Bonchev–Trinajstić information content (AvgIpc) is 1.92. The summed E-state index contributed by atoms with van der Waals surface area (Å²) in [7, 11) is 1.66. The van der Waals surface area contributed by atoms with Crippen LogP contribution in [0.15, 0.2) is 23.1 Å². The first kappa shape index (κ1) is 9.00. The van der Waals surface area contributed by atoms with Crippen LogP contribution in [0.1, 0.15) is 19.4 Å². The number of aliphatic hydroxyl groups is 1. The molecule has 0 unspecified atom stereocenters. The molecule has 0 aliphatic heterocycles. The summed E-state index contributed by atoms with van der Waals surface area (Å²) in [6.45, 7) is 3.20. The predicted molar refractivity (Wildman–Crippen MR) is 46.9 cm³/mol. The van der Waals surface area contributed by atoms with Crippen LogP contribution in [0.5, 0.6) is 0 Å². The summed E-state index contributed by atoms with van der Waals surface area (Å²) in [5.74, 6) is 0. The standard InChI is InChI=1S/C9H13NO2/c1-9(2,12)7-5-4-6-10(3)8(7)11/h4-6,12H,1-3H3. The Bertz CT molecular complexity index is 333. The van der Waals surface area contributed by atoms with Gasteiger partial charge in [0.25, 0.3) is 5.56 Å². The summed E-state index contributed by atoms with van der Waals surface area (Å²) in [6, 6.07) is 3.39. The van der Waals surface area contributed by atoms with E-state index in [4.69, 9.17) is 0 Å². The van der Waals surface area contributed by atoms with Crippen LogP contribution in [-0.2, 0) is 12.6 Å². The highest BCUT2D eigenvalue weighted by molar-refractivity contribution is 5.16. The van der Waals surface area contributed by atoms with Gasteiger partial charge in [-0.15, -0.1) is 0 Å². The zero-order valence-corrected chi connectivity index (χ0v) is 7.53. The number of pyridine rings is 1. The van der Waals surface area contributed by atoms with Crippen molar-refractivity contribution < 1.29 is 5.11 Å². The van der Waals surface area contributed by atoms with Crippen molar-refractivity contribution in [1.29, 1.82) is 0 Å². The second-order valence-electron chi connectivity index (χ2n) is 3.40. The third kappa shape index (κ3) is 1.56. The summed E-state index contributed by atoms with van der Waals surface area (Å²) >= 11 is 0. The molecule has 1 aromatic heterocycles. The lowest BCUT2D eigenvalue weighted by Crippen LogP contribution is -2.30. The minimum Gasteiger partial charge on any atom is -0.386 e. The number of rotatable bonds is 1. The molecular weight excluding hydrogens is 154 g/mol. The number of nitrogens with zero attached hydrogens (tertiary/aromatic N) is 1. The lowest BCUT2D eigenvalue weighted by atomic mass is 10.0. The highest BCUT2D eigenvalue weighted by Crippen LogP contribution is 2.14. The van der Waals surface area contributed by atoms with Crippen molar-refractivity contribution in [2.24, 2.45) is 7.05 Å². The molecule has 0 spiro atoms. The molecule has 0 radical (unpaired) electrons. The van der Waals surface area contributed by atoms with Crippen LogP contribution in [0.3, 0.4) is 0 Å². The third-order valence-electron chi connectivity index (χ3n) is 1.78. The van der Waals surface area contributed by atoms with E-state index in [9.17, 15) is 9.90 Å². The van der Waals surface area contributed by atoms with E-state index in [1.165, 1.54) is 4.57 Å².